The maximum atomic E-state index is 13.6. The second kappa shape index (κ2) is 14.4. The molecule has 1 aliphatic rings. The molecule has 1 aliphatic heterocycles. The first-order chi connectivity index (χ1) is 21.9. The van der Waals surface area contributed by atoms with Gasteiger partial charge >= 0.3 is 21.6 Å². The average Bonchev–Trinajstić information content (AvgIpc) is 2.98. The number of carbonyl (C=O) groups is 2. The summed E-state index contributed by atoms with van der Waals surface area (Å²) in [6.07, 6.45) is 1.79. The second-order valence-electron chi connectivity index (χ2n) is 11.0. The molecule has 3 aromatic carbocycles. The van der Waals surface area contributed by atoms with Crippen molar-refractivity contribution < 1.29 is 52.9 Å². The number of sulfonamides is 1. The molecule has 3 atom stereocenters. The fourth-order valence-corrected chi connectivity index (χ4v) is 6.24. The van der Waals surface area contributed by atoms with Crippen LogP contribution in [0.3, 0.4) is 0 Å². The van der Waals surface area contributed by atoms with Crippen molar-refractivity contribution in [2.45, 2.75) is 50.3 Å². The van der Waals surface area contributed by atoms with Gasteiger partial charge in [-0.1, -0.05) is 36.4 Å². The van der Waals surface area contributed by atoms with E-state index in [0.717, 1.165) is 24.0 Å². The van der Waals surface area contributed by atoms with Crippen LogP contribution in [-0.4, -0.2) is 47.0 Å². The lowest BCUT2D eigenvalue weighted by Gasteiger charge is -2.48. The molecular weight excluding hydrogens is 668 g/mol. The molecule has 0 aliphatic carbocycles. The van der Waals surface area contributed by atoms with Crippen LogP contribution < -0.4 is 13.8 Å². The van der Waals surface area contributed by atoms with Crippen LogP contribution in [0.25, 0.3) is 0 Å². The molecule has 16 heteroatoms. The van der Waals surface area contributed by atoms with E-state index in [9.17, 15) is 44.0 Å². The van der Waals surface area contributed by atoms with E-state index in [2.05, 4.69) is 8.91 Å². The van der Waals surface area contributed by atoms with Crippen molar-refractivity contribution in [1.29, 1.82) is 0 Å². The molecule has 1 heterocycles. The van der Waals surface area contributed by atoms with Gasteiger partial charge < -0.3 is 13.8 Å². The van der Waals surface area contributed by atoms with Crippen LogP contribution in [0.1, 0.15) is 55.0 Å². The Labute approximate surface area is 269 Å². The Balaban J connectivity index is 1.57. The molecule has 0 spiro atoms. The zero-order valence-electron chi connectivity index (χ0n) is 25.2. The number of esters is 1. The van der Waals surface area contributed by atoms with Crippen molar-refractivity contribution in [3.8, 4) is 5.75 Å². The monoisotopic (exact) mass is 700 g/mol. The third kappa shape index (κ3) is 9.29. The van der Waals surface area contributed by atoms with Crippen molar-refractivity contribution in [1.82, 2.24) is 4.72 Å². The molecule has 2 unspecified atom stereocenters. The number of ether oxygens (including phenoxy) is 1. The number of nitrogens with zero attached hydrogens (tertiary/aromatic N) is 1. The van der Waals surface area contributed by atoms with E-state index in [1.54, 1.807) is 24.3 Å². The number of nitrogens with one attached hydrogen (secondary N) is 1. The van der Waals surface area contributed by atoms with E-state index in [-0.39, 0.29) is 25.3 Å². The van der Waals surface area contributed by atoms with Crippen LogP contribution in [-0.2, 0) is 40.9 Å². The molecule has 4 rings (SSSR count). The predicted octanol–water partition coefficient (Wildman–Crippen LogP) is 5.32. The van der Waals surface area contributed by atoms with Crippen LogP contribution in [0.5, 0.6) is 5.75 Å². The molecule has 254 valence electrons. The second-order valence-corrected chi connectivity index (χ2v) is 14.3. The molecule has 0 bridgehead atoms. The Bertz CT molecular complexity index is 1780. The minimum atomic E-state index is -5.89. The van der Waals surface area contributed by atoms with E-state index >= 15 is 0 Å². The molecule has 0 saturated carbocycles. The lowest BCUT2D eigenvalue weighted by atomic mass is 9.78. The van der Waals surface area contributed by atoms with Gasteiger partial charge in [0, 0.05) is 19.2 Å². The van der Waals surface area contributed by atoms with Crippen molar-refractivity contribution in [2.24, 2.45) is 5.92 Å². The fraction of sp³-hybridized carbons (Fsp3) is 0.355. The Morgan fingerprint density at radius 3 is 2.13 bits per heavy atom. The molecule has 10 nitrogen and oxygen atoms in total. The summed E-state index contributed by atoms with van der Waals surface area (Å²) in [4.78, 5) is 26.9. The highest BCUT2D eigenvalue weighted by Crippen LogP contribution is 2.47. The van der Waals surface area contributed by atoms with Crippen molar-refractivity contribution in [2.75, 3.05) is 17.7 Å². The van der Waals surface area contributed by atoms with E-state index < -0.39 is 61.2 Å². The van der Waals surface area contributed by atoms with Crippen LogP contribution in [0, 0.1) is 11.7 Å². The summed E-state index contributed by atoms with van der Waals surface area (Å²) >= 11 is 0. The number of aryl methyl sites for hydroxylation is 1. The van der Waals surface area contributed by atoms with Gasteiger partial charge in [-0.3, -0.25) is 9.59 Å². The summed E-state index contributed by atoms with van der Waals surface area (Å²) in [5.74, 6) is -2.57. The maximum absolute atomic E-state index is 13.6. The summed E-state index contributed by atoms with van der Waals surface area (Å²) in [5.41, 5.74) is -3.21. The largest absolute Gasteiger partial charge is 0.534 e. The van der Waals surface area contributed by atoms with E-state index in [1.165, 1.54) is 48.2 Å². The SMILES string of the molecule is CC(=O)OC(CC[C@H]1C(=O)N(c2ccc(CCCNS(C)(=O)=O)cc2)C1c1ccc(OS(=O)(=O)C(F)(F)F)cc1)c1ccc(F)cc1. The van der Waals surface area contributed by atoms with Gasteiger partial charge in [-0.2, -0.15) is 21.6 Å². The smallest absolute Gasteiger partial charge is 0.458 e. The standard InChI is InChI=1S/C31H32F4N2O8S2/c1-20(38)44-28(22-7-11-24(32)12-8-22)18-17-27-29(23-9-15-26(16-10-23)45-47(42,43)31(33,34)35)37(30(27)39)25-13-5-21(6-14-25)4-3-19-36-46(2,40)41/h5-16,27-29,36H,3-4,17-19H2,1-2H3/t27-,28?,29?/m1/s1. The Morgan fingerprint density at radius 1 is 0.957 bits per heavy atom. The average molecular weight is 701 g/mol. The number of anilines is 1. The Kier molecular flexibility index (Phi) is 11.0. The maximum Gasteiger partial charge on any atom is 0.534 e. The minimum Gasteiger partial charge on any atom is -0.458 e. The zero-order chi connectivity index (χ0) is 34.6. The summed E-state index contributed by atoms with van der Waals surface area (Å²) in [7, 11) is -9.20. The topological polar surface area (TPSA) is 136 Å². The first-order valence-electron chi connectivity index (χ1n) is 14.4. The van der Waals surface area contributed by atoms with Gasteiger partial charge in [0.2, 0.25) is 15.9 Å². The van der Waals surface area contributed by atoms with Gasteiger partial charge in [-0.25, -0.2) is 17.5 Å². The van der Waals surface area contributed by atoms with Gasteiger partial charge in [0.1, 0.15) is 17.7 Å². The third-order valence-electron chi connectivity index (χ3n) is 7.44. The molecule has 1 saturated heterocycles. The number of β-lactam (4-membered cyclic amide) rings is 1. The number of hydrogen-bond acceptors (Lipinski definition) is 8. The molecule has 3 aromatic rings. The summed E-state index contributed by atoms with van der Waals surface area (Å²) in [6.45, 7) is 1.48. The fourth-order valence-electron chi connectivity index (χ4n) is 5.27. The minimum absolute atomic E-state index is 0.192. The van der Waals surface area contributed by atoms with Gasteiger partial charge in [0.15, 0.2) is 0 Å². The van der Waals surface area contributed by atoms with Crippen molar-refractivity contribution in [3.05, 3.63) is 95.3 Å². The summed E-state index contributed by atoms with van der Waals surface area (Å²) < 4.78 is 110. The van der Waals surface area contributed by atoms with Gasteiger partial charge in [0.25, 0.3) is 0 Å². The molecule has 1 N–H and O–H groups in total. The number of amides is 1. The zero-order valence-corrected chi connectivity index (χ0v) is 26.9. The molecule has 1 amide bonds. The van der Waals surface area contributed by atoms with Gasteiger partial charge in [-0.15, -0.1) is 0 Å². The van der Waals surface area contributed by atoms with Gasteiger partial charge in [-0.05, 0) is 78.8 Å². The van der Waals surface area contributed by atoms with Crippen molar-refractivity contribution >= 4 is 37.7 Å². The Hall–Kier alpha value is -4.02. The molecule has 0 aromatic heterocycles. The van der Waals surface area contributed by atoms with E-state index in [4.69, 9.17) is 4.74 Å². The predicted molar refractivity (Wildman–Crippen MR) is 164 cm³/mol. The number of carbonyl (C=O) groups excluding carboxylic acids is 2. The highest BCUT2D eigenvalue weighted by Gasteiger charge is 2.50. The molecule has 1 fully saturated rings. The normalized spacial score (nSPS) is 17.6. The Morgan fingerprint density at radius 2 is 1.57 bits per heavy atom. The number of hydrogen-bond donors (Lipinski definition) is 1. The highest BCUT2D eigenvalue weighted by atomic mass is 32.2. The number of alkyl halides is 3. The lowest BCUT2D eigenvalue weighted by molar-refractivity contribution is -0.147. The molecular formula is C31H32F4N2O8S2. The number of halogens is 4. The van der Waals surface area contributed by atoms with Crippen molar-refractivity contribution in [3.63, 3.8) is 0 Å². The highest BCUT2D eigenvalue weighted by molar-refractivity contribution is 7.88. The summed E-state index contributed by atoms with van der Waals surface area (Å²) in [5, 5.41) is 0. The molecule has 47 heavy (non-hydrogen) atoms. The van der Waals surface area contributed by atoms with Gasteiger partial charge in [0.05, 0.1) is 18.2 Å². The quantitative estimate of drug-likeness (QED) is 0.0596. The molecule has 0 radical (unpaired) electrons. The lowest BCUT2D eigenvalue weighted by Crippen LogP contribution is -2.55. The van der Waals surface area contributed by atoms with E-state index in [0.29, 0.717) is 29.7 Å². The third-order valence-corrected chi connectivity index (χ3v) is 9.14. The van der Waals surface area contributed by atoms with Crippen LogP contribution in [0.4, 0.5) is 23.2 Å². The van der Waals surface area contributed by atoms with Crippen LogP contribution in [0.2, 0.25) is 0 Å². The first-order valence-corrected chi connectivity index (χ1v) is 17.7. The van der Waals surface area contributed by atoms with Crippen LogP contribution >= 0.6 is 0 Å². The summed E-state index contributed by atoms with van der Waals surface area (Å²) in [6, 6.07) is 16.6. The van der Waals surface area contributed by atoms with Crippen LogP contribution in [0.15, 0.2) is 72.8 Å². The number of benzene rings is 3. The van der Waals surface area contributed by atoms with E-state index in [1.807, 2.05) is 0 Å². The number of rotatable bonds is 14. The first kappa shape index (κ1) is 35.8.